The number of aromatic nitrogens is 3. The third-order valence-corrected chi connectivity index (χ3v) is 3.84. The van der Waals surface area contributed by atoms with Gasteiger partial charge in [0.05, 0.1) is 17.3 Å². The number of rotatable bonds is 3. The molecular weight excluding hydrogens is 295 g/mol. The molecule has 2 heterocycles. The second-order valence-corrected chi connectivity index (χ2v) is 5.55. The molecule has 0 aliphatic rings. The van der Waals surface area contributed by atoms with E-state index in [-0.39, 0.29) is 17.8 Å². The van der Waals surface area contributed by atoms with E-state index >= 15 is 0 Å². The molecule has 0 saturated heterocycles. The number of aryl methyl sites for hydroxylation is 2. The zero-order valence-corrected chi connectivity index (χ0v) is 13.2. The highest BCUT2D eigenvalue weighted by molar-refractivity contribution is 5.97. The van der Waals surface area contributed by atoms with E-state index in [4.69, 9.17) is 0 Å². The van der Waals surface area contributed by atoms with Crippen LogP contribution in [0.25, 0.3) is 11.0 Å². The first kappa shape index (κ1) is 15.1. The number of nitrogens with zero attached hydrogens (tertiary/aromatic N) is 3. The molecule has 0 bridgehead atoms. The van der Waals surface area contributed by atoms with Gasteiger partial charge in [-0.2, -0.15) is 5.10 Å². The van der Waals surface area contributed by atoms with Crippen LogP contribution in [-0.2, 0) is 7.05 Å². The van der Waals surface area contributed by atoms with Crippen molar-refractivity contribution in [1.82, 2.24) is 20.1 Å². The zero-order valence-electron chi connectivity index (χ0n) is 13.2. The van der Waals surface area contributed by atoms with E-state index in [1.165, 1.54) is 18.3 Å². The Morgan fingerprint density at radius 2 is 2.00 bits per heavy atom. The van der Waals surface area contributed by atoms with Gasteiger partial charge in [-0.15, -0.1) is 0 Å². The molecule has 23 heavy (non-hydrogen) atoms. The van der Waals surface area contributed by atoms with Gasteiger partial charge in [0.25, 0.3) is 5.91 Å². The lowest BCUT2D eigenvalue weighted by atomic mass is 10.1. The van der Waals surface area contributed by atoms with Crippen LogP contribution in [0, 0.1) is 12.7 Å². The number of pyridine rings is 1. The standard InChI is InChI=1S/C17H17FN4O/c1-10(12-4-6-14(18)7-5-12)20-17(23)13-8-15-11(2)21-22(3)16(15)19-9-13/h4-10H,1-3H3,(H,20,23). The minimum Gasteiger partial charge on any atom is -0.345 e. The van der Waals surface area contributed by atoms with E-state index in [1.54, 1.807) is 22.9 Å². The van der Waals surface area contributed by atoms with Gasteiger partial charge in [-0.25, -0.2) is 9.37 Å². The molecule has 0 aliphatic heterocycles. The second kappa shape index (κ2) is 5.79. The minimum absolute atomic E-state index is 0.223. The third kappa shape index (κ3) is 2.92. The summed E-state index contributed by atoms with van der Waals surface area (Å²) in [5.41, 5.74) is 2.88. The second-order valence-electron chi connectivity index (χ2n) is 5.55. The van der Waals surface area contributed by atoms with Crippen LogP contribution in [0.2, 0.25) is 0 Å². The highest BCUT2D eigenvalue weighted by Gasteiger charge is 2.14. The number of carbonyl (C=O) groups is 1. The summed E-state index contributed by atoms with van der Waals surface area (Å²) < 4.78 is 14.7. The first-order valence-corrected chi connectivity index (χ1v) is 7.31. The molecule has 3 aromatic rings. The van der Waals surface area contributed by atoms with E-state index in [9.17, 15) is 9.18 Å². The third-order valence-electron chi connectivity index (χ3n) is 3.84. The van der Waals surface area contributed by atoms with Crippen molar-refractivity contribution in [2.75, 3.05) is 0 Å². The van der Waals surface area contributed by atoms with Crippen molar-refractivity contribution in [3.05, 3.63) is 59.2 Å². The monoisotopic (exact) mass is 312 g/mol. The lowest BCUT2D eigenvalue weighted by Gasteiger charge is -2.14. The molecule has 1 unspecified atom stereocenters. The van der Waals surface area contributed by atoms with Crippen LogP contribution in [0.3, 0.4) is 0 Å². The van der Waals surface area contributed by atoms with Crippen molar-refractivity contribution in [2.24, 2.45) is 7.05 Å². The number of benzene rings is 1. The van der Waals surface area contributed by atoms with E-state index < -0.39 is 0 Å². The Kier molecular flexibility index (Phi) is 3.82. The molecule has 2 aromatic heterocycles. The largest absolute Gasteiger partial charge is 0.345 e. The molecule has 3 rings (SSSR count). The number of carbonyl (C=O) groups excluding carboxylic acids is 1. The molecule has 0 spiro atoms. The minimum atomic E-state index is -0.297. The van der Waals surface area contributed by atoms with Crippen LogP contribution in [0.5, 0.6) is 0 Å². The van der Waals surface area contributed by atoms with Crippen molar-refractivity contribution in [1.29, 1.82) is 0 Å². The quantitative estimate of drug-likeness (QED) is 0.809. The first-order chi connectivity index (χ1) is 11.0. The van der Waals surface area contributed by atoms with Gasteiger partial charge in [0.15, 0.2) is 5.65 Å². The Morgan fingerprint density at radius 3 is 2.70 bits per heavy atom. The molecule has 5 nitrogen and oxygen atoms in total. The van der Waals surface area contributed by atoms with Crippen LogP contribution in [-0.4, -0.2) is 20.7 Å². The Morgan fingerprint density at radius 1 is 1.30 bits per heavy atom. The smallest absolute Gasteiger partial charge is 0.253 e. The highest BCUT2D eigenvalue weighted by Crippen LogP contribution is 2.18. The summed E-state index contributed by atoms with van der Waals surface area (Å²) in [5, 5.41) is 8.04. The van der Waals surface area contributed by atoms with Crippen molar-refractivity contribution in [3.8, 4) is 0 Å². The maximum atomic E-state index is 13.0. The average molecular weight is 312 g/mol. The van der Waals surface area contributed by atoms with Crippen molar-refractivity contribution < 1.29 is 9.18 Å². The first-order valence-electron chi connectivity index (χ1n) is 7.31. The summed E-state index contributed by atoms with van der Waals surface area (Å²) in [6.45, 7) is 3.74. The fourth-order valence-corrected chi connectivity index (χ4v) is 2.55. The van der Waals surface area contributed by atoms with Crippen LogP contribution in [0.15, 0.2) is 36.5 Å². The van der Waals surface area contributed by atoms with Crippen molar-refractivity contribution in [2.45, 2.75) is 19.9 Å². The van der Waals surface area contributed by atoms with E-state index in [2.05, 4.69) is 15.4 Å². The maximum absolute atomic E-state index is 13.0. The van der Waals surface area contributed by atoms with Gasteiger partial charge in [-0.05, 0) is 37.6 Å². The Hall–Kier alpha value is -2.76. The van der Waals surface area contributed by atoms with Crippen LogP contribution >= 0.6 is 0 Å². The number of nitrogens with one attached hydrogen (secondary N) is 1. The fourth-order valence-electron chi connectivity index (χ4n) is 2.55. The number of hydrogen-bond acceptors (Lipinski definition) is 3. The Bertz CT molecular complexity index is 870. The predicted molar refractivity (Wildman–Crippen MR) is 85.5 cm³/mol. The molecule has 118 valence electrons. The predicted octanol–water partition coefficient (Wildman–Crippen LogP) is 2.91. The van der Waals surface area contributed by atoms with Gasteiger partial charge >= 0.3 is 0 Å². The summed E-state index contributed by atoms with van der Waals surface area (Å²) in [7, 11) is 1.82. The molecule has 1 amide bonds. The van der Waals surface area contributed by atoms with Crippen molar-refractivity contribution >= 4 is 16.9 Å². The van der Waals surface area contributed by atoms with Crippen LogP contribution in [0.1, 0.15) is 34.6 Å². The van der Waals surface area contributed by atoms with Gasteiger partial charge in [0, 0.05) is 18.6 Å². The van der Waals surface area contributed by atoms with E-state index in [0.29, 0.717) is 5.56 Å². The van der Waals surface area contributed by atoms with Crippen molar-refractivity contribution in [3.63, 3.8) is 0 Å². The van der Waals surface area contributed by atoms with E-state index in [1.807, 2.05) is 20.9 Å². The van der Waals surface area contributed by atoms with Gasteiger partial charge in [-0.3, -0.25) is 9.48 Å². The SMILES string of the molecule is Cc1nn(C)c2ncc(C(=O)NC(C)c3ccc(F)cc3)cc12. The lowest BCUT2D eigenvalue weighted by molar-refractivity contribution is 0.0939. The molecule has 0 aliphatic carbocycles. The summed E-state index contributed by atoms with van der Waals surface area (Å²) in [6, 6.07) is 7.64. The van der Waals surface area contributed by atoms with E-state index in [0.717, 1.165) is 22.3 Å². The zero-order chi connectivity index (χ0) is 16.6. The molecule has 0 radical (unpaired) electrons. The van der Waals surface area contributed by atoms with Gasteiger partial charge < -0.3 is 5.32 Å². The highest BCUT2D eigenvalue weighted by atomic mass is 19.1. The molecular formula is C17H17FN4O. The number of halogens is 1. The number of hydrogen-bond donors (Lipinski definition) is 1. The van der Waals surface area contributed by atoms with Gasteiger partial charge in [0.2, 0.25) is 0 Å². The molecule has 6 heteroatoms. The maximum Gasteiger partial charge on any atom is 0.253 e. The fraction of sp³-hybridized carbons (Fsp3) is 0.235. The number of amides is 1. The van der Waals surface area contributed by atoms with Crippen LogP contribution < -0.4 is 5.32 Å². The summed E-state index contributed by atoms with van der Waals surface area (Å²) in [6.07, 6.45) is 1.54. The lowest BCUT2D eigenvalue weighted by Crippen LogP contribution is -2.26. The molecule has 0 saturated carbocycles. The summed E-state index contributed by atoms with van der Waals surface area (Å²) in [5.74, 6) is -0.520. The average Bonchev–Trinajstić information content (AvgIpc) is 2.82. The normalized spacial score (nSPS) is 12.3. The molecule has 0 fully saturated rings. The molecule has 1 atom stereocenters. The Balaban J connectivity index is 1.82. The van der Waals surface area contributed by atoms with Gasteiger partial charge in [-0.1, -0.05) is 12.1 Å². The molecule has 1 aromatic carbocycles. The Labute approximate surface area is 133 Å². The topological polar surface area (TPSA) is 59.8 Å². The summed E-state index contributed by atoms with van der Waals surface area (Å²) in [4.78, 5) is 16.7. The van der Waals surface area contributed by atoms with Gasteiger partial charge in [0.1, 0.15) is 5.82 Å². The summed E-state index contributed by atoms with van der Waals surface area (Å²) >= 11 is 0. The number of fused-ring (bicyclic) bond motifs is 1. The molecule has 1 N–H and O–H groups in total. The van der Waals surface area contributed by atoms with Crippen LogP contribution in [0.4, 0.5) is 4.39 Å².